The zero-order valence-electron chi connectivity index (χ0n) is 10.1. The summed E-state index contributed by atoms with van der Waals surface area (Å²) in [5.41, 5.74) is 0.590. The first-order valence-corrected chi connectivity index (χ1v) is 7.17. The average Bonchev–Trinajstić information content (AvgIpc) is 2.75. The minimum absolute atomic E-state index is 0.139. The van der Waals surface area contributed by atoms with Gasteiger partial charge in [0.15, 0.2) is 5.82 Å². The summed E-state index contributed by atoms with van der Waals surface area (Å²) >= 11 is 6.70. The van der Waals surface area contributed by atoms with E-state index in [0.29, 0.717) is 30.2 Å². The van der Waals surface area contributed by atoms with Crippen molar-refractivity contribution in [3.8, 4) is 0 Å². The molecular formula is C12H11Br2N3O2. The van der Waals surface area contributed by atoms with E-state index >= 15 is 0 Å². The molecule has 0 atom stereocenters. The van der Waals surface area contributed by atoms with Crippen molar-refractivity contribution in [2.24, 2.45) is 0 Å². The highest BCUT2D eigenvalue weighted by atomic mass is 79.9. The minimum Gasteiger partial charge on any atom is -0.352 e. The van der Waals surface area contributed by atoms with Crippen molar-refractivity contribution in [1.82, 2.24) is 15.5 Å². The molecule has 0 saturated carbocycles. The Hall–Kier alpha value is -1.21. The smallest absolute Gasteiger partial charge is 0.252 e. The summed E-state index contributed by atoms with van der Waals surface area (Å²) in [6.07, 6.45) is 0.539. The number of hydrogen-bond acceptors (Lipinski definition) is 4. The number of nitrogens with zero attached hydrogens (tertiary/aromatic N) is 2. The first-order valence-electron chi connectivity index (χ1n) is 5.58. The Morgan fingerprint density at radius 2 is 2.21 bits per heavy atom. The predicted molar refractivity (Wildman–Crippen MR) is 76.9 cm³/mol. The standard InChI is InChI=1S/C12H11Br2N3O2/c1-7-16-11(17-19-7)4-5-15-12(18)9-3-2-8(13)6-10(9)14/h2-3,6H,4-5H2,1H3,(H,15,18). The van der Waals surface area contributed by atoms with Gasteiger partial charge in [-0.15, -0.1) is 0 Å². The van der Waals surface area contributed by atoms with Gasteiger partial charge in [0, 0.05) is 28.8 Å². The molecule has 1 N–H and O–H groups in total. The van der Waals surface area contributed by atoms with Gasteiger partial charge in [-0.3, -0.25) is 4.79 Å². The molecule has 19 heavy (non-hydrogen) atoms. The molecule has 100 valence electrons. The summed E-state index contributed by atoms with van der Waals surface area (Å²) in [6.45, 7) is 2.19. The number of benzene rings is 1. The van der Waals surface area contributed by atoms with Gasteiger partial charge in [-0.2, -0.15) is 4.98 Å². The fraction of sp³-hybridized carbons (Fsp3) is 0.250. The second-order valence-electron chi connectivity index (χ2n) is 3.86. The van der Waals surface area contributed by atoms with Crippen LogP contribution >= 0.6 is 31.9 Å². The quantitative estimate of drug-likeness (QED) is 0.874. The molecule has 1 amide bonds. The summed E-state index contributed by atoms with van der Waals surface area (Å²) in [4.78, 5) is 16.0. The highest BCUT2D eigenvalue weighted by molar-refractivity contribution is 9.11. The van der Waals surface area contributed by atoms with Crippen LogP contribution in [0.1, 0.15) is 22.1 Å². The maximum absolute atomic E-state index is 12.0. The van der Waals surface area contributed by atoms with Crippen LogP contribution in [0, 0.1) is 6.92 Å². The van der Waals surface area contributed by atoms with Crippen LogP contribution in [0.25, 0.3) is 0 Å². The number of nitrogens with one attached hydrogen (secondary N) is 1. The molecule has 0 aliphatic rings. The second kappa shape index (κ2) is 6.29. The number of carbonyl (C=O) groups is 1. The van der Waals surface area contributed by atoms with Crippen LogP contribution in [-0.4, -0.2) is 22.6 Å². The second-order valence-corrected chi connectivity index (χ2v) is 5.63. The molecule has 0 radical (unpaired) electrons. The molecule has 0 unspecified atom stereocenters. The number of rotatable bonds is 4. The lowest BCUT2D eigenvalue weighted by Gasteiger charge is -2.06. The minimum atomic E-state index is -0.139. The first kappa shape index (κ1) is 14.2. The maximum atomic E-state index is 12.0. The van der Waals surface area contributed by atoms with E-state index in [4.69, 9.17) is 4.52 Å². The molecule has 5 nitrogen and oxygen atoms in total. The number of aromatic nitrogens is 2. The number of hydrogen-bond donors (Lipinski definition) is 1. The normalized spacial score (nSPS) is 10.5. The fourth-order valence-corrected chi connectivity index (χ4v) is 2.73. The van der Waals surface area contributed by atoms with E-state index in [1.807, 2.05) is 12.1 Å². The number of amides is 1. The van der Waals surface area contributed by atoms with Gasteiger partial charge in [0.05, 0.1) is 5.56 Å². The van der Waals surface area contributed by atoms with Crippen LogP contribution < -0.4 is 5.32 Å². The Morgan fingerprint density at radius 1 is 1.42 bits per heavy atom. The number of carbonyl (C=O) groups excluding carboxylic acids is 1. The van der Waals surface area contributed by atoms with E-state index in [1.54, 1.807) is 13.0 Å². The maximum Gasteiger partial charge on any atom is 0.252 e. The highest BCUT2D eigenvalue weighted by Crippen LogP contribution is 2.21. The van der Waals surface area contributed by atoms with Crippen molar-refractivity contribution in [1.29, 1.82) is 0 Å². The van der Waals surface area contributed by atoms with E-state index in [1.165, 1.54) is 0 Å². The SMILES string of the molecule is Cc1nc(CCNC(=O)c2ccc(Br)cc2Br)no1. The molecule has 2 aromatic rings. The molecule has 1 heterocycles. The van der Waals surface area contributed by atoms with Crippen molar-refractivity contribution in [3.63, 3.8) is 0 Å². The summed E-state index contributed by atoms with van der Waals surface area (Å²) < 4.78 is 6.51. The van der Waals surface area contributed by atoms with Crippen LogP contribution in [0.5, 0.6) is 0 Å². The molecule has 0 aliphatic heterocycles. The third kappa shape index (κ3) is 3.87. The topological polar surface area (TPSA) is 68.0 Å². The van der Waals surface area contributed by atoms with Gasteiger partial charge in [-0.25, -0.2) is 0 Å². The molecule has 0 bridgehead atoms. The molecule has 2 rings (SSSR count). The van der Waals surface area contributed by atoms with Gasteiger partial charge < -0.3 is 9.84 Å². The number of halogens is 2. The zero-order valence-corrected chi connectivity index (χ0v) is 13.3. The van der Waals surface area contributed by atoms with Gasteiger partial charge in [0.1, 0.15) is 0 Å². The van der Waals surface area contributed by atoms with E-state index in [2.05, 4.69) is 47.3 Å². The summed E-state index contributed by atoms with van der Waals surface area (Å²) in [5, 5.41) is 6.57. The molecule has 0 aliphatic carbocycles. The van der Waals surface area contributed by atoms with Crippen LogP contribution in [0.4, 0.5) is 0 Å². The van der Waals surface area contributed by atoms with Crippen molar-refractivity contribution in [2.75, 3.05) is 6.54 Å². The molecule has 7 heteroatoms. The zero-order chi connectivity index (χ0) is 13.8. The molecule has 1 aromatic heterocycles. The molecule has 0 saturated heterocycles. The monoisotopic (exact) mass is 387 g/mol. The van der Waals surface area contributed by atoms with E-state index in [0.717, 1.165) is 8.95 Å². The van der Waals surface area contributed by atoms with Crippen LogP contribution in [0.15, 0.2) is 31.7 Å². The summed E-state index contributed by atoms with van der Waals surface area (Å²) in [6, 6.07) is 5.40. The average molecular weight is 389 g/mol. The van der Waals surface area contributed by atoms with Crippen molar-refractivity contribution in [3.05, 3.63) is 44.4 Å². The first-order chi connectivity index (χ1) is 9.06. The fourth-order valence-electron chi connectivity index (χ4n) is 1.50. The van der Waals surface area contributed by atoms with Crippen molar-refractivity contribution in [2.45, 2.75) is 13.3 Å². The van der Waals surface area contributed by atoms with E-state index < -0.39 is 0 Å². The third-order valence-corrected chi connectivity index (χ3v) is 3.53. The van der Waals surface area contributed by atoms with Gasteiger partial charge in [-0.1, -0.05) is 21.1 Å². The molecule has 0 fully saturated rings. The van der Waals surface area contributed by atoms with Gasteiger partial charge in [0.25, 0.3) is 5.91 Å². The van der Waals surface area contributed by atoms with Crippen molar-refractivity contribution < 1.29 is 9.32 Å². The van der Waals surface area contributed by atoms with Crippen LogP contribution in [0.2, 0.25) is 0 Å². The molecule has 0 spiro atoms. The highest BCUT2D eigenvalue weighted by Gasteiger charge is 2.10. The predicted octanol–water partition coefficient (Wildman–Crippen LogP) is 2.88. The van der Waals surface area contributed by atoms with Gasteiger partial charge in [-0.05, 0) is 34.1 Å². The lowest BCUT2D eigenvalue weighted by molar-refractivity contribution is 0.0953. The van der Waals surface area contributed by atoms with Crippen molar-refractivity contribution >= 4 is 37.8 Å². The van der Waals surface area contributed by atoms with Crippen LogP contribution in [-0.2, 0) is 6.42 Å². The summed E-state index contributed by atoms with van der Waals surface area (Å²) in [7, 11) is 0. The Kier molecular flexibility index (Phi) is 4.71. The van der Waals surface area contributed by atoms with E-state index in [-0.39, 0.29) is 5.91 Å². The van der Waals surface area contributed by atoms with Gasteiger partial charge >= 0.3 is 0 Å². The Labute approximate surface area is 127 Å². The lowest BCUT2D eigenvalue weighted by Crippen LogP contribution is -2.26. The summed E-state index contributed by atoms with van der Waals surface area (Å²) in [5.74, 6) is 0.976. The lowest BCUT2D eigenvalue weighted by atomic mass is 10.2. The third-order valence-electron chi connectivity index (χ3n) is 2.38. The number of aryl methyl sites for hydroxylation is 1. The Morgan fingerprint density at radius 3 is 2.84 bits per heavy atom. The van der Waals surface area contributed by atoms with Crippen LogP contribution in [0.3, 0.4) is 0 Å². The largest absolute Gasteiger partial charge is 0.352 e. The van der Waals surface area contributed by atoms with E-state index in [9.17, 15) is 4.79 Å². The molecule has 1 aromatic carbocycles. The Balaban J connectivity index is 1.90. The molecular weight excluding hydrogens is 378 g/mol. The van der Waals surface area contributed by atoms with Gasteiger partial charge in [0.2, 0.25) is 5.89 Å². The Bertz CT molecular complexity index is 598.